The Kier molecular flexibility index (Phi) is 10.0. The summed E-state index contributed by atoms with van der Waals surface area (Å²) in [5, 5.41) is 10.4. The number of piperazine rings is 1. The Morgan fingerprint density at radius 2 is 1.76 bits per heavy atom. The van der Waals surface area contributed by atoms with Gasteiger partial charge in [0.05, 0.1) is 23.0 Å². The van der Waals surface area contributed by atoms with E-state index in [1.165, 1.54) is 0 Å². The van der Waals surface area contributed by atoms with Gasteiger partial charge in [-0.1, -0.05) is 0 Å². The van der Waals surface area contributed by atoms with Crippen molar-refractivity contribution in [1.82, 2.24) is 24.8 Å². The molecule has 244 valence electrons. The van der Waals surface area contributed by atoms with Crippen molar-refractivity contribution in [3.8, 4) is 16.3 Å². The van der Waals surface area contributed by atoms with Gasteiger partial charge < -0.3 is 29.7 Å². The molecule has 4 aromatic rings. The SMILES string of the molecule is COc1cc(Nc2ncc(Br)c(Nc3ccc(-c4nccs4)cc3P(C)(C)=O)n2)c(C)cc1N1CCC(N2CCN(C)CC2)CC1. The zero-order valence-corrected chi connectivity index (χ0v) is 30.4. The summed E-state index contributed by atoms with van der Waals surface area (Å²) in [5.74, 6) is 1.83. The molecule has 0 unspecified atom stereocenters. The van der Waals surface area contributed by atoms with Gasteiger partial charge in [-0.2, -0.15) is 4.98 Å². The lowest BCUT2D eigenvalue weighted by atomic mass is 10.0. The average molecular weight is 726 g/mol. The van der Waals surface area contributed by atoms with E-state index < -0.39 is 7.14 Å². The number of aromatic nitrogens is 3. The maximum absolute atomic E-state index is 13.3. The van der Waals surface area contributed by atoms with Crippen molar-refractivity contribution in [2.24, 2.45) is 0 Å². The van der Waals surface area contributed by atoms with Crippen molar-refractivity contribution in [2.45, 2.75) is 25.8 Å². The second-order valence-electron chi connectivity index (χ2n) is 12.5. The van der Waals surface area contributed by atoms with Gasteiger partial charge in [0, 0.05) is 85.7 Å². The number of thiazole rings is 1. The summed E-state index contributed by atoms with van der Waals surface area (Å²) >= 11 is 5.15. The van der Waals surface area contributed by atoms with Gasteiger partial charge in [-0.05, 0) is 85.9 Å². The largest absolute Gasteiger partial charge is 0.495 e. The quantitative estimate of drug-likeness (QED) is 0.183. The molecule has 2 fully saturated rings. The topological polar surface area (TPSA) is 98.7 Å². The van der Waals surface area contributed by atoms with Crippen LogP contribution in [0.25, 0.3) is 10.6 Å². The number of ether oxygens (including phenoxy) is 1. The molecule has 0 saturated carbocycles. The Bertz CT molecular complexity index is 1720. The number of benzene rings is 2. The maximum atomic E-state index is 13.3. The molecular weight excluding hydrogens is 683 g/mol. The normalized spacial score (nSPS) is 16.9. The van der Waals surface area contributed by atoms with Crippen molar-refractivity contribution in [3.63, 3.8) is 0 Å². The first-order chi connectivity index (χ1) is 22.1. The number of rotatable bonds is 9. The van der Waals surface area contributed by atoms with Crippen LogP contribution in [0.5, 0.6) is 5.75 Å². The van der Waals surface area contributed by atoms with Gasteiger partial charge in [0.2, 0.25) is 5.95 Å². The van der Waals surface area contributed by atoms with Crippen molar-refractivity contribution in [1.29, 1.82) is 0 Å². The summed E-state index contributed by atoms with van der Waals surface area (Å²) in [7, 11) is 1.31. The fourth-order valence-corrected chi connectivity index (χ4v) is 8.31. The van der Waals surface area contributed by atoms with E-state index in [0.29, 0.717) is 22.3 Å². The molecule has 2 aromatic carbocycles. The predicted octanol–water partition coefficient (Wildman–Crippen LogP) is 6.63. The summed E-state index contributed by atoms with van der Waals surface area (Å²) in [6.45, 7) is 12.3. The molecule has 0 amide bonds. The maximum Gasteiger partial charge on any atom is 0.229 e. The number of piperidine rings is 1. The Balaban J connectivity index is 1.18. The fourth-order valence-electron chi connectivity index (χ4n) is 6.22. The second-order valence-corrected chi connectivity index (χ2v) is 17.4. The minimum atomic E-state index is -2.63. The van der Waals surface area contributed by atoms with E-state index >= 15 is 0 Å². The molecule has 0 bridgehead atoms. The molecule has 2 N–H and O–H groups in total. The van der Waals surface area contributed by atoms with Crippen LogP contribution in [0.3, 0.4) is 0 Å². The molecule has 2 saturated heterocycles. The van der Waals surface area contributed by atoms with E-state index in [0.717, 1.165) is 96.4 Å². The van der Waals surface area contributed by atoms with E-state index in [-0.39, 0.29) is 0 Å². The highest BCUT2D eigenvalue weighted by Gasteiger charge is 2.28. The van der Waals surface area contributed by atoms with E-state index in [1.807, 2.05) is 29.6 Å². The fraction of sp³-hybridized carbons (Fsp3) is 0.424. The first kappa shape index (κ1) is 32.9. The van der Waals surface area contributed by atoms with E-state index in [4.69, 9.17) is 9.72 Å². The standard InChI is InChI=1S/C33H42BrN8O2PS/c1-22-18-28(42-11-8-24(9-12-42)41-15-13-40(2)14-16-41)29(44-3)20-27(22)38-33-36-21-25(34)31(39-33)37-26-7-6-23(32-35-10-17-46-32)19-30(26)45(4,5)43/h6-7,10,17-21,24H,8-9,11-16H2,1-5H3,(H2,36,37,38,39). The lowest BCUT2D eigenvalue weighted by Gasteiger charge is -2.42. The number of hydrogen-bond donors (Lipinski definition) is 2. The third kappa shape index (κ3) is 7.42. The van der Waals surface area contributed by atoms with Gasteiger partial charge in [0.15, 0.2) is 0 Å². The van der Waals surface area contributed by atoms with Crippen LogP contribution in [-0.2, 0) is 4.57 Å². The Hall–Kier alpha value is -3.02. The first-order valence-corrected chi connectivity index (χ1v) is 19.9. The molecule has 0 radical (unpaired) electrons. The molecule has 0 atom stereocenters. The number of nitrogens with zero attached hydrogens (tertiary/aromatic N) is 6. The number of nitrogens with one attached hydrogen (secondary N) is 2. The van der Waals surface area contributed by atoms with E-state index in [1.54, 1.807) is 44.2 Å². The van der Waals surface area contributed by atoms with Gasteiger partial charge in [0.25, 0.3) is 0 Å². The number of anilines is 5. The van der Waals surface area contributed by atoms with Crippen molar-refractivity contribution < 1.29 is 9.30 Å². The summed E-state index contributed by atoms with van der Waals surface area (Å²) in [6.07, 6.45) is 5.81. The third-order valence-corrected chi connectivity index (χ3v) is 11.8. The van der Waals surface area contributed by atoms with Crippen LogP contribution in [0, 0.1) is 6.92 Å². The number of likely N-dealkylation sites (N-methyl/N-ethyl adjacent to an activating group) is 1. The first-order valence-electron chi connectivity index (χ1n) is 15.6. The molecular formula is C33H42BrN8O2PS. The lowest BCUT2D eigenvalue weighted by molar-refractivity contribution is 0.0981. The molecule has 0 aliphatic carbocycles. The Morgan fingerprint density at radius 3 is 2.43 bits per heavy atom. The van der Waals surface area contributed by atoms with Gasteiger partial charge in [-0.15, -0.1) is 11.3 Å². The highest BCUT2D eigenvalue weighted by Crippen LogP contribution is 2.41. The summed E-state index contributed by atoms with van der Waals surface area (Å²) in [6, 6.07) is 10.8. The number of aryl methyl sites for hydroxylation is 1. The number of halogens is 1. The molecule has 6 rings (SSSR count). The van der Waals surface area contributed by atoms with Gasteiger partial charge >= 0.3 is 0 Å². The highest BCUT2D eigenvalue weighted by atomic mass is 79.9. The monoisotopic (exact) mass is 724 g/mol. The molecule has 2 aliphatic rings. The van der Waals surface area contributed by atoms with Crippen molar-refractivity contribution >= 4 is 68.5 Å². The van der Waals surface area contributed by atoms with Crippen LogP contribution in [0.2, 0.25) is 0 Å². The molecule has 10 nitrogen and oxygen atoms in total. The molecule has 2 aliphatic heterocycles. The van der Waals surface area contributed by atoms with Crippen molar-refractivity contribution in [2.75, 3.05) is 82.3 Å². The van der Waals surface area contributed by atoms with Crippen LogP contribution in [-0.4, -0.2) is 97.5 Å². The Morgan fingerprint density at radius 1 is 1.00 bits per heavy atom. The third-order valence-electron chi connectivity index (χ3n) is 8.89. The smallest absolute Gasteiger partial charge is 0.229 e. The van der Waals surface area contributed by atoms with Gasteiger partial charge in [-0.25, -0.2) is 9.97 Å². The summed E-state index contributed by atoms with van der Waals surface area (Å²) in [5.41, 5.74) is 4.75. The molecule has 46 heavy (non-hydrogen) atoms. The molecule has 13 heteroatoms. The van der Waals surface area contributed by atoms with Crippen LogP contribution in [0.15, 0.2) is 52.6 Å². The minimum Gasteiger partial charge on any atom is -0.495 e. The van der Waals surface area contributed by atoms with Crippen LogP contribution in [0.1, 0.15) is 18.4 Å². The Labute approximate surface area is 284 Å². The molecule has 2 aromatic heterocycles. The van der Waals surface area contributed by atoms with E-state index in [2.05, 4.69) is 71.3 Å². The zero-order valence-electron chi connectivity index (χ0n) is 27.1. The summed E-state index contributed by atoms with van der Waals surface area (Å²) < 4.78 is 19.9. The van der Waals surface area contributed by atoms with Crippen molar-refractivity contribution in [3.05, 3.63) is 58.1 Å². The van der Waals surface area contributed by atoms with Gasteiger partial charge in [-0.3, -0.25) is 4.90 Å². The minimum absolute atomic E-state index is 0.439. The van der Waals surface area contributed by atoms with Gasteiger partial charge in [0.1, 0.15) is 23.7 Å². The predicted molar refractivity (Wildman–Crippen MR) is 195 cm³/mol. The second kappa shape index (κ2) is 14.0. The molecule has 4 heterocycles. The number of methoxy groups -OCH3 is 1. The lowest BCUT2D eigenvalue weighted by Crippen LogP contribution is -2.52. The van der Waals surface area contributed by atoms with Crippen LogP contribution < -0.4 is 25.6 Å². The highest BCUT2D eigenvalue weighted by molar-refractivity contribution is 9.10. The summed E-state index contributed by atoms with van der Waals surface area (Å²) in [4.78, 5) is 21.3. The number of hydrogen-bond acceptors (Lipinski definition) is 11. The average Bonchev–Trinajstić information content (AvgIpc) is 3.59. The zero-order chi connectivity index (χ0) is 32.4. The molecule has 0 spiro atoms. The van der Waals surface area contributed by atoms with Crippen LogP contribution >= 0.6 is 34.4 Å². The van der Waals surface area contributed by atoms with E-state index in [9.17, 15) is 4.57 Å². The van der Waals surface area contributed by atoms with Crippen LogP contribution in [0.4, 0.5) is 28.8 Å².